The lowest BCUT2D eigenvalue weighted by molar-refractivity contribution is -0.133. The van der Waals surface area contributed by atoms with Crippen molar-refractivity contribution >= 4 is 17.7 Å². The second-order valence-electron chi connectivity index (χ2n) is 5.45. The maximum absolute atomic E-state index is 12.6. The molecular weight excluding hydrogens is 284 g/mol. The van der Waals surface area contributed by atoms with Crippen LogP contribution in [0, 0.1) is 0 Å². The van der Waals surface area contributed by atoms with Crippen molar-refractivity contribution in [3.63, 3.8) is 0 Å². The van der Waals surface area contributed by atoms with Crippen LogP contribution in [0.25, 0.3) is 0 Å². The molecule has 4 nitrogen and oxygen atoms in total. The topological polar surface area (TPSA) is 41.6 Å². The summed E-state index contributed by atoms with van der Waals surface area (Å²) in [6, 6.07) is 8.43. The lowest BCUT2D eigenvalue weighted by atomic mass is 10.1. The number of thioether (sulfide) groups is 1. The van der Waals surface area contributed by atoms with Crippen molar-refractivity contribution in [1.29, 1.82) is 0 Å². The predicted molar refractivity (Wildman–Crippen MR) is 87.0 cm³/mol. The molecule has 1 saturated heterocycles. The van der Waals surface area contributed by atoms with Gasteiger partial charge in [-0.05, 0) is 45.0 Å². The molecule has 21 heavy (non-hydrogen) atoms. The highest BCUT2D eigenvalue weighted by Crippen LogP contribution is 2.27. The van der Waals surface area contributed by atoms with Gasteiger partial charge in [0.15, 0.2) is 0 Å². The first-order valence-electron chi connectivity index (χ1n) is 7.37. The number of amides is 1. The fourth-order valence-corrected chi connectivity index (χ4v) is 3.45. The van der Waals surface area contributed by atoms with Crippen LogP contribution in [0.4, 0.5) is 0 Å². The Bertz CT molecular complexity index is 478. The van der Waals surface area contributed by atoms with Gasteiger partial charge in [-0.1, -0.05) is 0 Å². The number of ether oxygens (including phenoxy) is 1. The third-order valence-electron chi connectivity index (χ3n) is 4.04. The number of rotatable bonds is 4. The second-order valence-corrected chi connectivity index (χ2v) is 6.86. The van der Waals surface area contributed by atoms with Crippen LogP contribution in [0.2, 0.25) is 0 Å². The lowest BCUT2D eigenvalue weighted by Crippen LogP contribution is -2.58. The van der Waals surface area contributed by atoms with E-state index >= 15 is 0 Å². The molecule has 5 heteroatoms. The van der Waals surface area contributed by atoms with Gasteiger partial charge in [0.25, 0.3) is 0 Å². The van der Waals surface area contributed by atoms with Gasteiger partial charge in [-0.3, -0.25) is 4.79 Å². The molecule has 1 aliphatic rings. The third kappa shape index (κ3) is 3.92. The molecule has 1 aliphatic heterocycles. The number of hydrogen-bond acceptors (Lipinski definition) is 4. The number of carbonyl (C=O) groups excluding carboxylic acids is 1. The van der Waals surface area contributed by atoms with Crippen LogP contribution in [0.15, 0.2) is 29.2 Å². The zero-order valence-corrected chi connectivity index (χ0v) is 13.9. The Morgan fingerprint density at radius 3 is 2.67 bits per heavy atom. The average molecular weight is 308 g/mol. The standard InChI is InChI=1S/C16H24N2O2S/c1-11-12(2)18(10-9-17-11)16(19)13(3)21-15-7-5-14(20-4)6-8-15/h5-8,11-13,17H,9-10H2,1-4H3. The first kappa shape index (κ1) is 16.2. The van der Waals surface area contributed by atoms with Gasteiger partial charge in [0.05, 0.1) is 12.4 Å². The van der Waals surface area contributed by atoms with E-state index in [1.807, 2.05) is 36.1 Å². The van der Waals surface area contributed by atoms with Crippen LogP contribution < -0.4 is 10.1 Å². The van der Waals surface area contributed by atoms with Gasteiger partial charge >= 0.3 is 0 Å². The fourth-order valence-electron chi connectivity index (χ4n) is 2.51. The van der Waals surface area contributed by atoms with Crippen LogP contribution in [-0.4, -0.2) is 48.3 Å². The summed E-state index contributed by atoms with van der Waals surface area (Å²) in [5.74, 6) is 1.06. The Balaban J connectivity index is 1.98. The molecule has 0 bridgehead atoms. The SMILES string of the molecule is COc1ccc(SC(C)C(=O)N2CCNC(C)C2C)cc1. The molecule has 2 rings (SSSR count). The lowest BCUT2D eigenvalue weighted by Gasteiger charge is -2.39. The minimum atomic E-state index is -0.0776. The molecule has 1 amide bonds. The average Bonchev–Trinajstić information content (AvgIpc) is 2.50. The monoisotopic (exact) mass is 308 g/mol. The number of methoxy groups -OCH3 is 1. The molecule has 1 aromatic rings. The van der Waals surface area contributed by atoms with E-state index in [1.54, 1.807) is 18.9 Å². The first-order valence-corrected chi connectivity index (χ1v) is 8.25. The summed E-state index contributed by atoms with van der Waals surface area (Å²) in [6.07, 6.45) is 0. The molecular formula is C16H24N2O2S. The Hall–Kier alpha value is -1.20. The Kier molecular flexibility index (Phi) is 5.53. The van der Waals surface area contributed by atoms with Crippen LogP contribution in [0.1, 0.15) is 20.8 Å². The highest BCUT2D eigenvalue weighted by Gasteiger charge is 2.30. The van der Waals surface area contributed by atoms with Crippen molar-refractivity contribution in [2.75, 3.05) is 20.2 Å². The summed E-state index contributed by atoms with van der Waals surface area (Å²) in [5, 5.41) is 3.33. The van der Waals surface area contributed by atoms with E-state index in [9.17, 15) is 4.79 Å². The Morgan fingerprint density at radius 2 is 2.05 bits per heavy atom. The van der Waals surface area contributed by atoms with E-state index in [2.05, 4.69) is 19.2 Å². The molecule has 0 radical (unpaired) electrons. The summed E-state index contributed by atoms with van der Waals surface area (Å²) in [7, 11) is 1.65. The van der Waals surface area contributed by atoms with Crippen molar-refractivity contribution < 1.29 is 9.53 Å². The number of benzene rings is 1. The fraction of sp³-hybridized carbons (Fsp3) is 0.562. The highest BCUT2D eigenvalue weighted by molar-refractivity contribution is 8.00. The molecule has 0 aromatic heterocycles. The number of carbonyl (C=O) groups is 1. The zero-order chi connectivity index (χ0) is 15.4. The third-order valence-corrected chi connectivity index (χ3v) is 5.14. The molecule has 116 valence electrons. The second kappa shape index (κ2) is 7.18. The van der Waals surface area contributed by atoms with Crippen LogP contribution in [0.3, 0.4) is 0 Å². The predicted octanol–water partition coefficient (Wildman–Crippen LogP) is 2.38. The van der Waals surface area contributed by atoms with Crippen molar-refractivity contribution in [3.05, 3.63) is 24.3 Å². The van der Waals surface area contributed by atoms with Crippen LogP contribution in [-0.2, 0) is 4.79 Å². The van der Waals surface area contributed by atoms with E-state index in [4.69, 9.17) is 4.74 Å². The molecule has 0 spiro atoms. The first-order chi connectivity index (χ1) is 10.0. The summed E-state index contributed by atoms with van der Waals surface area (Å²) >= 11 is 1.60. The molecule has 3 unspecified atom stereocenters. The van der Waals surface area contributed by atoms with Crippen molar-refractivity contribution in [3.8, 4) is 5.75 Å². The number of nitrogens with one attached hydrogen (secondary N) is 1. The maximum atomic E-state index is 12.6. The number of piperazine rings is 1. The van der Waals surface area contributed by atoms with Gasteiger partial charge in [0.2, 0.25) is 5.91 Å². The summed E-state index contributed by atoms with van der Waals surface area (Å²) in [4.78, 5) is 15.7. The van der Waals surface area contributed by atoms with E-state index in [1.165, 1.54) is 0 Å². The van der Waals surface area contributed by atoms with Gasteiger partial charge in [-0.25, -0.2) is 0 Å². The van der Waals surface area contributed by atoms with Crippen LogP contribution >= 0.6 is 11.8 Å². The maximum Gasteiger partial charge on any atom is 0.236 e. The van der Waals surface area contributed by atoms with Crippen molar-refractivity contribution in [1.82, 2.24) is 10.2 Å². The molecule has 0 saturated carbocycles. The van der Waals surface area contributed by atoms with Crippen molar-refractivity contribution in [2.24, 2.45) is 0 Å². The number of hydrogen-bond donors (Lipinski definition) is 1. The van der Waals surface area contributed by atoms with E-state index in [-0.39, 0.29) is 17.2 Å². The Morgan fingerprint density at radius 1 is 1.38 bits per heavy atom. The molecule has 0 aliphatic carbocycles. The van der Waals surface area contributed by atoms with Gasteiger partial charge in [-0.2, -0.15) is 0 Å². The van der Waals surface area contributed by atoms with Crippen molar-refractivity contribution in [2.45, 2.75) is 43.0 Å². The normalized spacial score (nSPS) is 23.7. The molecule has 1 heterocycles. The van der Waals surface area contributed by atoms with Gasteiger partial charge in [0.1, 0.15) is 5.75 Å². The van der Waals surface area contributed by atoms with Crippen LogP contribution in [0.5, 0.6) is 5.75 Å². The smallest absolute Gasteiger partial charge is 0.236 e. The Labute approximate surface area is 131 Å². The summed E-state index contributed by atoms with van der Waals surface area (Å²) in [5.41, 5.74) is 0. The number of nitrogens with zero attached hydrogens (tertiary/aromatic N) is 1. The molecule has 1 fully saturated rings. The molecule has 1 N–H and O–H groups in total. The van der Waals surface area contributed by atoms with Gasteiger partial charge in [0, 0.05) is 30.1 Å². The summed E-state index contributed by atoms with van der Waals surface area (Å²) < 4.78 is 5.15. The zero-order valence-electron chi connectivity index (χ0n) is 13.1. The van der Waals surface area contributed by atoms with Gasteiger partial charge < -0.3 is 15.0 Å². The van der Waals surface area contributed by atoms with E-state index in [0.29, 0.717) is 6.04 Å². The molecule has 1 aromatic carbocycles. The van der Waals surface area contributed by atoms with Gasteiger partial charge in [-0.15, -0.1) is 11.8 Å². The van der Waals surface area contributed by atoms with E-state index in [0.717, 1.165) is 23.7 Å². The quantitative estimate of drug-likeness (QED) is 0.867. The largest absolute Gasteiger partial charge is 0.497 e. The van der Waals surface area contributed by atoms with E-state index < -0.39 is 0 Å². The molecule has 3 atom stereocenters. The highest BCUT2D eigenvalue weighted by atomic mass is 32.2. The minimum Gasteiger partial charge on any atom is -0.497 e. The summed E-state index contributed by atoms with van der Waals surface area (Å²) in [6.45, 7) is 7.89. The minimum absolute atomic E-state index is 0.0776.